The molecule has 0 saturated heterocycles. The van der Waals surface area contributed by atoms with E-state index in [2.05, 4.69) is 23.9 Å². The molecule has 8 heteroatoms. The highest BCUT2D eigenvalue weighted by Crippen LogP contribution is 2.20. The van der Waals surface area contributed by atoms with Crippen LogP contribution in [0.15, 0.2) is 46.5 Å². The van der Waals surface area contributed by atoms with Crippen LogP contribution in [0.3, 0.4) is 0 Å². The molecule has 1 amide bonds. The summed E-state index contributed by atoms with van der Waals surface area (Å²) < 4.78 is 3.24. The second-order valence-corrected chi connectivity index (χ2v) is 8.09. The number of carbonyl (C=O) groups is 1. The third kappa shape index (κ3) is 4.44. The Morgan fingerprint density at radius 2 is 1.96 bits per heavy atom. The van der Waals surface area contributed by atoms with Crippen molar-refractivity contribution in [2.75, 3.05) is 17.7 Å². The average molecular weight is 400 g/mol. The summed E-state index contributed by atoms with van der Waals surface area (Å²) >= 11 is 1.29. The van der Waals surface area contributed by atoms with Crippen LogP contribution in [0.2, 0.25) is 0 Å². The number of para-hydroxylation sites is 1. The lowest BCUT2D eigenvalue weighted by atomic mass is 10.1. The molecule has 0 atom stereocenters. The summed E-state index contributed by atoms with van der Waals surface area (Å²) in [7, 11) is 3.52. The highest BCUT2D eigenvalue weighted by atomic mass is 32.2. The zero-order chi connectivity index (χ0) is 20.3. The average Bonchev–Trinajstić information content (AvgIpc) is 3.06. The molecule has 0 N–H and O–H groups in total. The van der Waals surface area contributed by atoms with Gasteiger partial charge in [-0.05, 0) is 24.5 Å². The summed E-state index contributed by atoms with van der Waals surface area (Å²) in [5.74, 6) is 0.604. The maximum absolute atomic E-state index is 12.9. The Morgan fingerprint density at radius 1 is 1.25 bits per heavy atom. The minimum absolute atomic E-state index is 0.0489. The molecule has 1 aromatic carbocycles. The molecule has 0 saturated carbocycles. The lowest BCUT2D eigenvalue weighted by molar-refractivity contribution is -0.115. The van der Waals surface area contributed by atoms with Gasteiger partial charge in [0.2, 0.25) is 5.91 Å². The number of aromatic nitrogens is 4. The largest absolute Gasteiger partial charge is 0.315 e. The van der Waals surface area contributed by atoms with E-state index in [0.29, 0.717) is 28.7 Å². The molecule has 28 heavy (non-hydrogen) atoms. The van der Waals surface area contributed by atoms with Crippen LogP contribution in [0.25, 0.3) is 11.0 Å². The van der Waals surface area contributed by atoms with E-state index in [1.54, 1.807) is 34.4 Å². The van der Waals surface area contributed by atoms with Crippen molar-refractivity contribution in [3.8, 4) is 0 Å². The van der Waals surface area contributed by atoms with Crippen molar-refractivity contribution < 1.29 is 4.79 Å². The monoisotopic (exact) mass is 399 g/mol. The van der Waals surface area contributed by atoms with Gasteiger partial charge in [-0.15, -0.1) is 0 Å². The van der Waals surface area contributed by atoms with Crippen molar-refractivity contribution in [3.05, 3.63) is 46.9 Å². The highest BCUT2D eigenvalue weighted by molar-refractivity contribution is 7.99. The number of thioether (sulfide) groups is 1. The van der Waals surface area contributed by atoms with Gasteiger partial charge in [0.1, 0.15) is 5.52 Å². The number of nitrogens with zero attached hydrogens (tertiary/aromatic N) is 5. The zero-order valence-electron chi connectivity index (χ0n) is 16.6. The molecule has 3 aromatic rings. The first-order valence-electron chi connectivity index (χ1n) is 9.25. The summed E-state index contributed by atoms with van der Waals surface area (Å²) in [5.41, 5.74) is 1.60. The van der Waals surface area contributed by atoms with E-state index in [0.717, 1.165) is 12.1 Å². The molecule has 0 radical (unpaired) electrons. The van der Waals surface area contributed by atoms with E-state index < -0.39 is 0 Å². The Kier molecular flexibility index (Phi) is 6.18. The number of aryl methyl sites for hydroxylation is 1. The number of benzene rings is 1. The van der Waals surface area contributed by atoms with Gasteiger partial charge in [0, 0.05) is 26.3 Å². The van der Waals surface area contributed by atoms with E-state index in [-0.39, 0.29) is 17.2 Å². The molecule has 0 aliphatic rings. The van der Waals surface area contributed by atoms with E-state index in [1.807, 2.05) is 30.3 Å². The van der Waals surface area contributed by atoms with Crippen molar-refractivity contribution >= 4 is 34.4 Å². The molecule has 2 heterocycles. The lowest BCUT2D eigenvalue weighted by Gasteiger charge is -2.17. The van der Waals surface area contributed by atoms with Gasteiger partial charge >= 0.3 is 0 Å². The minimum Gasteiger partial charge on any atom is -0.315 e. The van der Waals surface area contributed by atoms with Crippen LogP contribution in [0, 0.1) is 5.92 Å². The normalized spacial score (nSPS) is 11.3. The van der Waals surface area contributed by atoms with E-state index in [9.17, 15) is 9.59 Å². The smallest absolute Gasteiger partial charge is 0.282 e. The first-order chi connectivity index (χ1) is 13.4. The molecular formula is C20H25N5O2S. The maximum atomic E-state index is 12.9. The van der Waals surface area contributed by atoms with E-state index in [1.165, 1.54) is 11.8 Å². The summed E-state index contributed by atoms with van der Waals surface area (Å²) in [6, 6.07) is 9.49. The summed E-state index contributed by atoms with van der Waals surface area (Å²) in [6.07, 6.45) is 2.58. The van der Waals surface area contributed by atoms with Crippen LogP contribution in [0.1, 0.15) is 20.3 Å². The van der Waals surface area contributed by atoms with Gasteiger partial charge in [-0.25, -0.2) is 4.98 Å². The van der Waals surface area contributed by atoms with Gasteiger partial charge in [-0.2, -0.15) is 5.10 Å². The zero-order valence-corrected chi connectivity index (χ0v) is 17.4. The molecule has 0 unspecified atom stereocenters. The Bertz CT molecular complexity index is 1030. The Balaban J connectivity index is 1.85. The Labute approximate surface area is 168 Å². The first-order valence-corrected chi connectivity index (χ1v) is 10.2. The van der Waals surface area contributed by atoms with Gasteiger partial charge in [0.05, 0.1) is 11.9 Å². The summed E-state index contributed by atoms with van der Waals surface area (Å²) in [4.78, 5) is 31.8. The van der Waals surface area contributed by atoms with Crippen LogP contribution in [0.4, 0.5) is 5.69 Å². The number of anilines is 1. The molecule has 0 bridgehead atoms. The Hall–Kier alpha value is -2.61. The van der Waals surface area contributed by atoms with Crippen molar-refractivity contribution in [2.45, 2.75) is 32.0 Å². The summed E-state index contributed by atoms with van der Waals surface area (Å²) in [6.45, 7) is 4.78. The quantitative estimate of drug-likeness (QED) is 0.451. The SMILES string of the molecule is CC(C)CCn1c(SCC(=O)N(C)c2ccccc2)nc2cn(C)nc2c1=O. The molecular weight excluding hydrogens is 374 g/mol. The number of hydrogen-bond donors (Lipinski definition) is 0. The summed E-state index contributed by atoms with van der Waals surface area (Å²) in [5, 5.41) is 4.80. The third-order valence-corrected chi connectivity index (χ3v) is 5.44. The fourth-order valence-electron chi connectivity index (χ4n) is 2.80. The van der Waals surface area contributed by atoms with Crippen molar-refractivity contribution in [1.29, 1.82) is 0 Å². The molecule has 3 rings (SSSR count). The van der Waals surface area contributed by atoms with Crippen LogP contribution in [-0.4, -0.2) is 38.0 Å². The van der Waals surface area contributed by atoms with Crippen LogP contribution in [-0.2, 0) is 18.4 Å². The Morgan fingerprint density at radius 3 is 2.64 bits per heavy atom. The molecule has 7 nitrogen and oxygen atoms in total. The van der Waals surface area contributed by atoms with Crippen LogP contribution < -0.4 is 10.5 Å². The number of rotatable bonds is 7. The van der Waals surface area contributed by atoms with Gasteiger partial charge in [0.15, 0.2) is 10.7 Å². The van der Waals surface area contributed by atoms with Gasteiger partial charge in [-0.3, -0.25) is 18.8 Å². The van der Waals surface area contributed by atoms with E-state index >= 15 is 0 Å². The standard InChI is InChI=1S/C20H25N5O2S/c1-14(2)10-11-25-19(27)18-16(12-23(3)22-18)21-20(25)28-13-17(26)24(4)15-8-6-5-7-9-15/h5-9,12,14H,10-11,13H2,1-4H3. The highest BCUT2D eigenvalue weighted by Gasteiger charge is 2.17. The van der Waals surface area contributed by atoms with Gasteiger partial charge in [-0.1, -0.05) is 43.8 Å². The molecule has 148 valence electrons. The predicted molar refractivity (Wildman–Crippen MR) is 113 cm³/mol. The predicted octanol–water partition coefficient (Wildman–Crippen LogP) is 2.93. The first kappa shape index (κ1) is 20.1. The number of carbonyl (C=O) groups excluding carboxylic acids is 1. The molecule has 0 aliphatic carbocycles. The third-order valence-electron chi connectivity index (χ3n) is 4.48. The minimum atomic E-state index is -0.155. The van der Waals surface area contributed by atoms with E-state index in [4.69, 9.17) is 0 Å². The number of hydrogen-bond acceptors (Lipinski definition) is 5. The fourth-order valence-corrected chi connectivity index (χ4v) is 3.74. The van der Waals surface area contributed by atoms with Gasteiger partial charge in [0.25, 0.3) is 5.56 Å². The van der Waals surface area contributed by atoms with Crippen molar-refractivity contribution in [1.82, 2.24) is 19.3 Å². The molecule has 0 aliphatic heterocycles. The molecule has 0 fully saturated rings. The van der Waals surface area contributed by atoms with Gasteiger partial charge < -0.3 is 4.90 Å². The number of amides is 1. The molecule has 0 spiro atoms. The van der Waals surface area contributed by atoms with Crippen LogP contribution >= 0.6 is 11.8 Å². The van der Waals surface area contributed by atoms with Crippen molar-refractivity contribution in [3.63, 3.8) is 0 Å². The topological polar surface area (TPSA) is 73.0 Å². The number of fused-ring (bicyclic) bond motifs is 1. The lowest BCUT2D eigenvalue weighted by Crippen LogP contribution is -2.29. The second kappa shape index (κ2) is 8.60. The molecule has 2 aromatic heterocycles. The van der Waals surface area contributed by atoms with Crippen LogP contribution in [0.5, 0.6) is 0 Å². The van der Waals surface area contributed by atoms with Crippen molar-refractivity contribution in [2.24, 2.45) is 13.0 Å². The maximum Gasteiger partial charge on any atom is 0.282 e. The second-order valence-electron chi connectivity index (χ2n) is 7.15. The fraction of sp³-hybridized carbons (Fsp3) is 0.400.